The molecule has 0 spiro atoms. The maximum Gasteiger partial charge on any atom is 0.113 e. The Hall–Kier alpha value is -1.12. The molecule has 0 saturated carbocycles. The van der Waals surface area contributed by atoms with Crippen molar-refractivity contribution in [3.8, 4) is 0 Å². The molecule has 1 unspecified atom stereocenters. The van der Waals surface area contributed by atoms with Crippen LogP contribution in [0.1, 0.15) is 58.4 Å². The standard InChI is InChI=1S/C18H22OS/c1-3-12-8-9-13(4-2)15(10-12)18(19)17-11-14-6-5-7-16(14)20-17/h8-11,18-19H,3-7H2,1-2H3. The minimum Gasteiger partial charge on any atom is -0.383 e. The Morgan fingerprint density at radius 2 is 2.00 bits per heavy atom. The molecule has 2 heteroatoms. The van der Waals surface area contributed by atoms with Crippen LogP contribution in [-0.2, 0) is 25.7 Å². The van der Waals surface area contributed by atoms with Crippen LogP contribution in [0.4, 0.5) is 0 Å². The van der Waals surface area contributed by atoms with Gasteiger partial charge in [-0.25, -0.2) is 0 Å². The molecule has 0 fully saturated rings. The fourth-order valence-electron chi connectivity index (χ4n) is 3.08. The van der Waals surface area contributed by atoms with Crippen molar-refractivity contribution in [3.05, 3.63) is 56.3 Å². The van der Waals surface area contributed by atoms with E-state index in [2.05, 4.69) is 38.1 Å². The molecule has 1 aromatic carbocycles. The molecular formula is C18H22OS. The fourth-order valence-corrected chi connectivity index (χ4v) is 4.34. The summed E-state index contributed by atoms with van der Waals surface area (Å²) in [6.45, 7) is 4.32. The van der Waals surface area contributed by atoms with Gasteiger partial charge in [0.25, 0.3) is 0 Å². The summed E-state index contributed by atoms with van der Waals surface area (Å²) in [5.74, 6) is 0. The van der Waals surface area contributed by atoms with Crippen LogP contribution in [0, 0.1) is 0 Å². The predicted octanol–water partition coefficient (Wildman–Crippen LogP) is 4.44. The van der Waals surface area contributed by atoms with Crippen LogP contribution in [0.3, 0.4) is 0 Å². The van der Waals surface area contributed by atoms with Crippen LogP contribution < -0.4 is 0 Å². The van der Waals surface area contributed by atoms with E-state index in [0.717, 1.165) is 23.3 Å². The first-order valence-corrected chi connectivity index (χ1v) is 8.45. The van der Waals surface area contributed by atoms with E-state index in [9.17, 15) is 5.11 Å². The summed E-state index contributed by atoms with van der Waals surface area (Å²) in [5, 5.41) is 10.8. The molecule has 1 N–H and O–H groups in total. The summed E-state index contributed by atoms with van der Waals surface area (Å²) in [6.07, 6.45) is 5.21. The summed E-state index contributed by atoms with van der Waals surface area (Å²) >= 11 is 1.81. The van der Waals surface area contributed by atoms with Gasteiger partial charge in [-0.1, -0.05) is 32.0 Å². The molecule has 1 aliphatic rings. The zero-order chi connectivity index (χ0) is 14.1. The van der Waals surface area contributed by atoms with E-state index in [1.165, 1.54) is 40.8 Å². The quantitative estimate of drug-likeness (QED) is 0.880. The summed E-state index contributed by atoms with van der Waals surface area (Å²) in [4.78, 5) is 2.61. The van der Waals surface area contributed by atoms with Crippen molar-refractivity contribution in [2.45, 2.75) is 52.1 Å². The molecular weight excluding hydrogens is 264 g/mol. The lowest BCUT2D eigenvalue weighted by Crippen LogP contribution is -2.03. The highest BCUT2D eigenvalue weighted by molar-refractivity contribution is 7.12. The van der Waals surface area contributed by atoms with Crippen molar-refractivity contribution in [2.75, 3.05) is 0 Å². The second-order valence-electron chi connectivity index (χ2n) is 5.59. The smallest absolute Gasteiger partial charge is 0.113 e. The maximum absolute atomic E-state index is 10.8. The molecule has 1 nitrogen and oxygen atoms in total. The van der Waals surface area contributed by atoms with Gasteiger partial charge in [-0.3, -0.25) is 0 Å². The third-order valence-corrected chi connectivity index (χ3v) is 5.62. The molecule has 20 heavy (non-hydrogen) atoms. The van der Waals surface area contributed by atoms with Crippen LogP contribution in [0.2, 0.25) is 0 Å². The fraction of sp³-hybridized carbons (Fsp3) is 0.444. The van der Waals surface area contributed by atoms with Crippen molar-refractivity contribution in [1.82, 2.24) is 0 Å². The number of aryl methyl sites for hydroxylation is 4. The van der Waals surface area contributed by atoms with Gasteiger partial charge in [-0.05, 0) is 60.4 Å². The van der Waals surface area contributed by atoms with E-state index in [1.54, 1.807) is 0 Å². The van der Waals surface area contributed by atoms with Gasteiger partial charge in [0.05, 0.1) is 0 Å². The van der Waals surface area contributed by atoms with Gasteiger partial charge in [0.2, 0.25) is 0 Å². The largest absolute Gasteiger partial charge is 0.383 e. The summed E-state index contributed by atoms with van der Waals surface area (Å²) < 4.78 is 0. The van der Waals surface area contributed by atoms with Gasteiger partial charge in [0, 0.05) is 9.75 Å². The highest BCUT2D eigenvalue weighted by Crippen LogP contribution is 2.37. The molecule has 1 atom stereocenters. The summed E-state index contributed by atoms with van der Waals surface area (Å²) in [7, 11) is 0. The SMILES string of the molecule is CCc1ccc(CC)c(C(O)c2cc3c(s2)CCC3)c1. The van der Waals surface area contributed by atoms with Gasteiger partial charge < -0.3 is 5.11 Å². The summed E-state index contributed by atoms with van der Waals surface area (Å²) in [5.41, 5.74) is 5.14. The third kappa shape index (κ3) is 2.43. The van der Waals surface area contributed by atoms with Gasteiger partial charge in [-0.2, -0.15) is 0 Å². The number of thiophene rings is 1. The van der Waals surface area contributed by atoms with E-state index in [4.69, 9.17) is 0 Å². The number of aliphatic hydroxyl groups is 1. The zero-order valence-corrected chi connectivity index (χ0v) is 13.1. The highest BCUT2D eigenvalue weighted by Gasteiger charge is 2.21. The van der Waals surface area contributed by atoms with Crippen LogP contribution in [0.5, 0.6) is 0 Å². The molecule has 1 aliphatic carbocycles. The molecule has 3 rings (SSSR count). The van der Waals surface area contributed by atoms with E-state index < -0.39 is 6.10 Å². The number of fused-ring (bicyclic) bond motifs is 1. The van der Waals surface area contributed by atoms with E-state index >= 15 is 0 Å². The van der Waals surface area contributed by atoms with E-state index in [0.29, 0.717) is 0 Å². The number of hydrogen-bond acceptors (Lipinski definition) is 2. The van der Waals surface area contributed by atoms with Gasteiger partial charge in [-0.15, -0.1) is 11.3 Å². The average Bonchev–Trinajstić information content (AvgIpc) is 3.07. The second-order valence-corrected chi connectivity index (χ2v) is 6.76. The van der Waals surface area contributed by atoms with Gasteiger partial charge in [0.15, 0.2) is 0 Å². The van der Waals surface area contributed by atoms with Gasteiger partial charge >= 0.3 is 0 Å². The van der Waals surface area contributed by atoms with Crippen molar-refractivity contribution in [1.29, 1.82) is 0 Å². The summed E-state index contributed by atoms with van der Waals surface area (Å²) in [6, 6.07) is 8.78. The lowest BCUT2D eigenvalue weighted by atomic mass is 9.96. The normalized spacial score (nSPS) is 15.3. The molecule has 0 saturated heterocycles. The number of rotatable bonds is 4. The minimum atomic E-state index is -0.452. The van der Waals surface area contributed by atoms with Crippen LogP contribution in [0.25, 0.3) is 0 Å². The molecule has 1 heterocycles. The van der Waals surface area contributed by atoms with Crippen LogP contribution >= 0.6 is 11.3 Å². The van der Waals surface area contributed by atoms with Crippen molar-refractivity contribution in [2.24, 2.45) is 0 Å². The molecule has 106 valence electrons. The Labute approximate surface area is 125 Å². The third-order valence-electron chi connectivity index (χ3n) is 4.33. The molecule has 1 aromatic heterocycles. The number of hydrogen-bond donors (Lipinski definition) is 1. The van der Waals surface area contributed by atoms with Crippen LogP contribution in [0.15, 0.2) is 24.3 Å². The number of aliphatic hydroxyl groups excluding tert-OH is 1. The Bertz CT molecular complexity index is 590. The Morgan fingerprint density at radius 1 is 1.15 bits per heavy atom. The molecule has 0 amide bonds. The minimum absolute atomic E-state index is 0.452. The van der Waals surface area contributed by atoms with E-state index in [1.807, 2.05) is 11.3 Å². The molecule has 0 bridgehead atoms. The first kappa shape index (κ1) is 13.8. The molecule has 0 radical (unpaired) electrons. The first-order chi connectivity index (χ1) is 9.72. The van der Waals surface area contributed by atoms with Crippen molar-refractivity contribution in [3.63, 3.8) is 0 Å². The first-order valence-electron chi connectivity index (χ1n) is 7.64. The Balaban J connectivity index is 1.97. The van der Waals surface area contributed by atoms with Gasteiger partial charge in [0.1, 0.15) is 6.10 Å². The Kier molecular flexibility index (Phi) is 3.95. The van der Waals surface area contributed by atoms with Crippen molar-refractivity contribution < 1.29 is 5.11 Å². The highest BCUT2D eigenvalue weighted by atomic mass is 32.1. The maximum atomic E-state index is 10.8. The van der Waals surface area contributed by atoms with Crippen molar-refractivity contribution >= 4 is 11.3 Å². The average molecular weight is 286 g/mol. The lowest BCUT2D eigenvalue weighted by molar-refractivity contribution is 0.223. The Morgan fingerprint density at radius 3 is 2.70 bits per heavy atom. The molecule has 0 aliphatic heterocycles. The number of benzene rings is 1. The van der Waals surface area contributed by atoms with E-state index in [-0.39, 0.29) is 0 Å². The topological polar surface area (TPSA) is 20.2 Å². The zero-order valence-electron chi connectivity index (χ0n) is 12.3. The lowest BCUT2D eigenvalue weighted by Gasteiger charge is -2.15. The molecule has 2 aromatic rings. The predicted molar refractivity (Wildman–Crippen MR) is 85.6 cm³/mol. The second kappa shape index (κ2) is 5.71. The monoisotopic (exact) mass is 286 g/mol. The van der Waals surface area contributed by atoms with Crippen LogP contribution in [-0.4, -0.2) is 5.11 Å².